The molecule has 3 nitrogen and oxygen atoms in total. The summed E-state index contributed by atoms with van der Waals surface area (Å²) in [7, 11) is 0. The molecule has 6 heteroatoms. The van der Waals surface area contributed by atoms with Gasteiger partial charge >= 0.3 is 0 Å². The molecule has 1 aliphatic rings. The normalized spacial score (nSPS) is 19.3. The van der Waals surface area contributed by atoms with E-state index in [0.717, 1.165) is 29.3 Å². The van der Waals surface area contributed by atoms with Crippen molar-refractivity contribution in [2.45, 2.75) is 30.3 Å². The molecule has 0 radical (unpaired) electrons. The molecular formula is C13H18F2N2OS. The van der Waals surface area contributed by atoms with Crippen molar-refractivity contribution in [2.24, 2.45) is 0 Å². The number of hydrogen-bond acceptors (Lipinski definition) is 4. The summed E-state index contributed by atoms with van der Waals surface area (Å²) in [4.78, 5) is 4.53. The predicted octanol–water partition coefficient (Wildman–Crippen LogP) is 2.66. The van der Waals surface area contributed by atoms with Gasteiger partial charge in [-0.25, -0.2) is 13.8 Å². The van der Waals surface area contributed by atoms with Gasteiger partial charge in [0.2, 0.25) is 0 Å². The Labute approximate surface area is 116 Å². The number of pyridine rings is 1. The minimum atomic E-state index is -2.33. The second-order valence-corrected chi connectivity index (χ2v) is 5.30. The fourth-order valence-electron chi connectivity index (χ4n) is 2.20. The number of halogens is 2. The van der Waals surface area contributed by atoms with Crippen LogP contribution in [0.15, 0.2) is 17.2 Å². The second kappa shape index (κ2) is 7.17. The molecule has 19 heavy (non-hydrogen) atoms. The molecule has 1 saturated heterocycles. The largest absolute Gasteiger partial charge is 0.381 e. The summed E-state index contributed by atoms with van der Waals surface area (Å²) < 4.78 is 29.7. The Balaban J connectivity index is 2.11. The Morgan fingerprint density at radius 1 is 1.53 bits per heavy atom. The molecule has 1 unspecified atom stereocenters. The number of nitrogens with zero attached hydrogens (tertiary/aromatic N) is 1. The average molecular weight is 288 g/mol. The summed E-state index contributed by atoms with van der Waals surface area (Å²) in [6, 6.07) is 4.03. The van der Waals surface area contributed by atoms with Gasteiger partial charge in [0.1, 0.15) is 0 Å². The van der Waals surface area contributed by atoms with Crippen LogP contribution in [-0.4, -0.2) is 37.4 Å². The first-order valence-corrected chi connectivity index (χ1v) is 7.53. The van der Waals surface area contributed by atoms with Crippen LogP contribution in [0, 0.1) is 0 Å². The summed E-state index contributed by atoms with van der Waals surface area (Å²) in [5.41, 5.74) is 1.99. The summed E-state index contributed by atoms with van der Waals surface area (Å²) in [5.74, 6) is 0.340. The SMILES string of the molecule is CSc1ccc(C2CCOC2)c(CNCC(F)F)n1. The minimum Gasteiger partial charge on any atom is -0.381 e. The maximum Gasteiger partial charge on any atom is 0.250 e. The van der Waals surface area contributed by atoms with Crippen molar-refractivity contribution in [1.29, 1.82) is 0 Å². The molecule has 2 rings (SSSR count). The van der Waals surface area contributed by atoms with Crippen molar-refractivity contribution in [3.05, 3.63) is 23.4 Å². The van der Waals surface area contributed by atoms with Crippen molar-refractivity contribution in [1.82, 2.24) is 10.3 Å². The van der Waals surface area contributed by atoms with E-state index < -0.39 is 6.43 Å². The highest BCUT2D eigenvalue weighted by molar-refractivity contribution is 7.98. The van der Waals surface area contributed by atoms with Crippen molar-refractivity contribution in [3.8, 4) is 0 Å². The molecule has 2 heterocycles. The van der Waals surface area contributed by atoms with Gasteiger partial charge in [0.25, 0.3) is 6.43 Å². The van der Waals surface area contributed by atoms with E-state index >= 15 is 0 Å². The van der Waals surface area contributed by atoms with Crippen LogP contribution in [0.3, 0.4) is 0 Å². The molecule has 1 aromatic heterocycles. The van der Waals surface area contributed by atoms with E-state index in [2.05, 4.69) is 16.4 Å². The van der Waals surface area contributed by atoms with E-state index in [1.54, 1.807) is 11.8 Å². The lowest BCUT2D eigenvalue weighted by molar-refractivity contribution is 0.145. The zero-order valence-corrected chi connectivity index (χ0v) is 11.7. The number of ether oxygens (including phenoxy) is 1. The summed E-state index contributed by atoms with van der Waals surface area (Å²) in [6.45, 7) is 1.54. The van der Waals surface area contributed by atoms with Gasteiger partial charge in [-0.2, -0.15) is 0 Å². The topological polar surface area (TPSA) is 34.1 Å². The number of aromatic nitrogens is 1. The summed E-state index contributed by atoms with van der Waals surface area (Å²) in [5, 5.41) is 3.67. The van der Waals surface area contributed by atoms with Crippen LogP contribution >= 0.6 is 11.8 Å². The van der Waals surface area contributed by atoms with E-state index in [0.29, 0.717) is 19.1 Å². The smallest absolute Gasteiger partial charge is 0.250 e. The van der Waals surface area contributed by atoms with Gasteiger partial charge in [-0.05, 0) is 24.3 Å². The monoisotopic (exact) mass is 288 g/mol. The van der Waals surface area contributed by atoms with Gasteiger partial charge in [0.15, 0.2) is 0 Å². The maximum absolute atomic E-state index is 12.2. The number of thioether (sulfide) groups is 1. The highest BCUT2D eigenvalue weighted by Crippen LogP contribution is 2.28. The first-order chi connectivity index (χ1) is 9.20. The van der Waals surface area contributed by atoms with E-state index in [-0.39, 0.29) is 6.54 Å². The number of alkyl halides is 2. The molecule has 1 fully saturated rings. The lowest BCUT2D eigenvalue weighted by Gasteiger charge is -2.15. The van der Waals surface area contributed by atoms with Crippen LogP contribution in [0.5, 0.6) is 0 Å². The molecule has 1 aliphatic heterocycles. The molecule has 0 aromatic carbocycles. The Kier molecular flexibility index (Phi) is 5.54. The van der Waals surface area contributed by atoms with Gasteiger partial charge in [-0.15, -0.1) is 11.8 Å². The number of hydrogen-bond donors (Lipinski definition) is 1. The molecule has 1 aromatic rings. The van der Waals surface area contributed by atoms with Crippen LogP contribution < -0.4 is 5.32 Å². The number of rotatable bonds is 6. The molecule has 1 atom stereocenters. The van der Waals surface area contributed by atoms with Crippen LogP contribution in [0.25, 0.3) is 0 Å². The predicted molar refractivity (Wildman–Crippen MR) is 71.9 cm³/mol. The Morgan fingerprint density at radius 3 is 3.00 bits per heavy atom. The molecule has 0 spiro atoms. The lowest BCUT2D eigenvalue weighted by Crippen LogP contribution is -2.22. The van der Waals surface area contributed by atoms with Gasteiger partial charge in [0, 0.05) is 19.1 Å². The lowest BCUT2D eigenvalue weighted by atomic mass is 9.97. The Morgan fingerprint density at radius 2 is 2.37 bits per heavy atom. The molecular weight excluding hydrogens is 270 g/mol. The highest BCUT2D eigenvalue weighted by atomic mass is 32.2. The zero-order valence-electron chi connectivity index (χ0n) is 10.9. The van der Waals surface area contributed by atoms with Crippen LogP contribution in [-0.2, 0) is 11.3 Å². The third-order valence-corrected chi connectivity index (χ3v) is 3.80. The molecule has 106 valence electrons. The molecule has 1 N–H and O–H groups in total. The van der Waals surface area contributed by atoms with Crippen molar-refractivity contribution in [2.75, 3.05) is 26.0 Å². The summed E-state index contributed by atoms with van der Waals surface area (Å²) >= 11 is 1.56. The fraction of sp³-hybridized carbons (Fsp3) is 0.615. The van der Waals surface area contributed by atoms with E-state index in [1.807, 2.05) is 12.3 Å². The van der Waals surface area contributed by atoms with E-state index in [4.69, 9.17) is 4.74 Å². The first-order valence-electron chi connectivity index (χ1n) is 6.31. The standard InChI is InChI=1S/C13H18F2N2OS/c1-19-13-3-2-10(9-4-5-18-8-9)11(17-13)6-16-7-12(14)15/h2-3,9,12,16H,4-8H2,1H3. The van der Waals surface area contributed by atoms with E-state index in [9.17, 15) is 8.78 Å². The number of nitrogens with one attached hydrogen (secondary N) is 1. The van der Waals surface area contributed by atoms with Crippen LogP contribution in [0.4, 0.5) is 8.78 Å². The highest BCUT2D eigenvalue weighted by Gasteiger charge is 2.21. The maximum atomic E-state index is 12.2. The third-order valence-electron chi connectivity index (χ3n) is 3.15. The molecule has 0 bridgehead atoms. The third kappa shape index (κ3) is 4.12. The second-order valence-electron chi connectivity index (χ2n) is 4.47. The average Bonchev–Trinajstić information content (AvgIpc) is 2.92. The van der Waals surface area contributed by atoms with Crippen LogP contribution in [0.2, 0.25) is 0 Å². The van der Waals surface area contributed by atoms with Crippen molar-refractivity contribution >= 4 is 11.8 Å². The zero-order chi connectivity index (χ0) is 13.7. The molecule has 0 saturated carbocycles. The van der Waals surface area contributed by atoms with Gasteiger partial charge in [-0.3, -0.25) is 0 Å². The van der Waals surface area contributed by atoms with Gasteiger partial charge < -0.3 is 10.1 Å². The Bertz CT molecular complexity index is 412. The van der Waals surface area contributed by atoms with Crippen LogP contribution in [0.1, 0.15) is 23.6 Å². The minimum absolute atomic E-state index is 0.300. The quantitative estimate of drug-likeness (QED) is 0.816. The first kappa shape index (κ1) is 14.7. The van der Waals surface area contributed by atoms with Gasteiger partial charge in [0.05, 0.1) is 23.9 Å². The van der Waals surface area contributed by atoms with Crippen molar-refractivity contribution in [3.63, 3.8) is 0 Å². The fourth-order valence-corrected chi connectivity index (χ4v) is 2.60. The molecule has 0 aliphatic carbocycles. The van der Waals surface area contributed by atoms with Crippen molar-refractivity contribution < 1.29 is 13.5 Å². The summed E-state index contributed by atoms with van der Waals surface area (Å²) in [6.07, 6.45) is 0.598. The van der Waals surface area contributed by atoms with Gasteiger partial charge in [-0.1, -0.05) is 6.07 Å². The Hall–Kier alpha value is -0.720. The van der Waals surface area contributed by atoms with E-state index in [1.165, 1.54) is 0 Å². The molecule has 0 amide bonds.